The first-order chi connectivity index (χ1) is 9.97. The average Bonchev–Trinajstić information content (AvgIpc) is 3.21. The van der Waals surface area contributed by atoms with Crippen molar-refractivity contribution in [3.8, 4) is 0 Å². The fourth-order valence-electron chi connectivity index (χ4n) is 2.56. The largest absolute Gasteiger partial charge is 0.344 e. The van der Waals surface area contributed by atoms with Gasteiger partial charge >= 0.3 is 0 Å². The summed E-state index contributed by atoms with van der Waals surface area (Å²) in [4.78, 5) is 25.5. The number of amides is 2. The molecule has 2 aliphatic rings. The van der Waals surface area contributed by atoms with Crippen molar-refractivity contribution < 1.29 is 18.4 Å². The van der Waals surface area contributed by atoms with Crippen LogP contribution in [0.15, 0.2) is 16.6 Å². The molecule has 112 valence electrons. The molecule has 1 aliphatic carbocycles. The molecule has 1 atom stereocenters. The van der Waals surface area contributed by atoms with Crippen LogP contribution < -0.4 is 10.2 Å². The van der Waals surface area contributed by atoms with Gasteiger partial charge in [0.1, 0.15) is 11.9 Å². The van der Waals surface area contributed by atoms with E-state index in [4.69, 9.17) is 0 Å². The van der Waals surface area contributed by atoms with Gasteiger partial charge in [-0.3, -0.25) is 9.59 Å². The van der Waals surface area contributed by atoms with Crippen molar-refractivity contribution in [3.05, 3.63) is 28.2 Å². The maximum Gasteiger partial charge on any atom is 0.249 e. The summed E-state index contributed by atoms with van der Waals surface area (Å²) in [6, 6.07) is 1.23. The van der Waals surface area contributed by atoms with Gasteiger partial charge in [-0.25, -0.2) is 8.78 Å². The number of nitrogens with one attached hydrogen (secondary N) is 1. The number of carbonyl (C=O) groups excluding carboxylic acids is 2. The topological polar surface area (TPSA) is 49.4 Å². The molecule has 1 saturated heterocycles. The molecule has 4 nitrogen and oxygen atoms in total. The van der Waals surface area contributed by atoms with Crippen LogP contribution in [0.5, 0.6) is 0 Å². The Hall–Kier alpha value is -1.50. The predicted octanol–water partition coefficient (Wildman–Crippen LogP) is 2.36. The molecule has 0 radical (unpaired) electrons. The van der Waals surface area contributed by atoms with Crippen molar-refractivity contribution in [1.82, 2.24) is 5.32 Å². The molecular formula is C14H13BrF2N2O2. The second kappa shape index (κ2) is 5.36. The highest BCUT2D eigenvalue weighted by molar-refractivity contribution is 9.10. The Morgan fingerprint density at radius 1 is 1.24 bits per heavy atom. The first-order valence-corrected chi connectivity index (χ1v) is 7.52. The summed E-state index contributed by atoms with van der Waals surface area (Å²) >= 11 is 3.09. The second-order valence-electron chi connectivity index (χ2n) is 5.34. The third-order valence-corrected chi connectivity index (χ3v) is 4.36. The standard InChI is InChI=1S/C14H13BrF2N2O2/c15-9-5-8(16)6-10(17)13(9)19-4-3-11(20)18-12(14(19)21)7-1-2-7/h5-7,12H,1-4H2,(H,18,20). The van der Waals surface area contributed by atoms with Crippen molar-refractivity contribution in [2.75, 3.05) is 11.4 Å². The van der Waals surface area contributed by atoms with Gasteiger partial charge in [0.15, 0.2) is 5.82 Å². The third kappa shape index (κ3) is 2.79. The fraction of sp³-hybridized carbons (Fsp3) is 0.429. The lowest BCUT2D eigenvalue weighted by Crippen LogP contribution is -2.46. The van der Waals surface area contributed by atoms with Crippen LogP contribution in [0.25, 0.3) is 0 Å². The van der Waals surface area contributed by atoms with Gasteiger partial charge in [-0.15, -0.1) is 0 Å². The molecule has 1 unspecified atom stereocenters. The summed E-state index contributed by atoms with van der Waals surface area (Å²) in [5.41, 5.74) is -0.0106. The minimum absolute atomic E-state index is 0.0106. The highest BCUT2D eigenvalue weighted by atomic mass is 79.9. The minimum atomic E-state index is -0.820. The summed E-state index contributed by atoms with van der Waals surface area (Å²) in [6.45, 7) is 0.0784. The third-order valence-electron chi connectivity index (χ3n) is 3.76. The monoisotopic (exact) mass is 358 g/mol. The maximum absolute atomic E-state index is 14.1. The van der Waals surface area contributed by atoms with E-state index >= 15 is 0 Å². The highest BCUT2D eigenvalue weighted by Crippen LogP contribution is 2.37. The van der Waals surface area contributed by atoms with Crippen LogP contribution in [0.3, 0.4) is 0 Å². The second-order valence-corrected chi connectivity index (χ2v) is 6.19. The van der Waals surface area contributed by atoms with Crippen LogP contribution in [-0.4, -0.2) is 24.4 Å². The lowest BCUT2D eigenvalue weighted by Gasteiger charge is -2.25. The molecule has 7 heteroatoms. The highest BCUT2D eigenvalue weighted by Gasteiger charge is 2.42. The molecule has 0 spiro atoms. The number of rotatable bonds is 2. The SMILES string of the molecule is O=C1CCN(c2c(F)cc(F)cc2Br)C(=O)C(C2CC2)N1. The quantitative estimate of drug-likeness (QED) is 0.882. The van der Waals surface area contributed by atoms with E-state index < -0.39 is 17.7 Å². The number of halogens is 3. The molecule has 3 rings (SSSR count). The van der Waals surface area contributed by atoms with Gasteiger partial charge in [0.25, 0.3) is 0 Å². The van der Waals surface area contributed by atoms with E-state index in [2.05, 4.69) is 21.2 Å². The van der Waals surface area contributed by atoms with Gasteiger partial charge in [0, 0.05) is 23.5 Å². The Kier molecular flexibility index (Phi) is 3.69. The van der Waals surface area contributed by atoms with E-state index in [1.807, 2.05) is 0 Å². The van der Waals surface area contributed by atoms with Crippen LogP contribution in [0, 0.1) is 17.6 Å². The Morgan fingerprint density at radius 3 is 2.57 bits per heavy atom. The molecule has 2 fully saturated rings. The van der Waals surface area contributed by atoms with E-state index in [0.29, 0.717) is 0 Å². The molecule has 1 saturated carbocycles. The normalized spacial score (nSPS) is 23.0. The van der Waals surface area contributed by atoms with Crippen LogP contribution in [0.4, 0.5) is 14.5 Å². The summed E-state index contributed by atoms with van der Waals surface area (Å²) in [6.07, 6.45) is 1.84. The van der Waals surface area contributed by atoms with Crippen LogP contribution in [0.1, 0.15) is 19.3 Å². The van der Waals surface area contributed by atoms with Gasteiger partial charge < -0.3 is 10.2 Å². The molecule has 1 aromatic rings. The number of hydrogen-bond acceptors (Lipinski definition) is 2. The Morgan fingerprint density at radius 2 is 1.95 bits per heavy atom. The van der Waals surface area contributed by atoms with Crippen LogP contribution in [-0.2, 0) is 9.59 Å². The number of anilines is 1. The lowest BCUT2D eigenvalue weighted by molar-refractivity contribution is -0.126. The van der Waals surface area contributed by atoms with E-state index in [-0.39, 0.29) is 40.9 Å². The van der Waals surface area contributed by atoms with E-state index in [1.165, 1.54) is 4.90 Å². The van der Waals surface area contributed by atoms with Crippen molar-refractivity contribution in [2.24, 2.45) is 5.92 Å². The van der Waals surface area contributed by atoms with Crippen molar-refractivity contribution in [2.45, 2.75) is 25.3 Å². The summed E-state index contributed by atoms with van der Waals surface area (Å²) in [5.74, 6) is -1.99. The van der Waals surface area contributed by atoms with Crippen molar-refractivity contribution in [1.29, 1.82) is 0 Å². The summed E-state index contributed by atoms with van der Waals surface area (Å²) in [7, 11) is 0. The molecular weight excluding hydrogens is 346 g/mol. The van der Waals surface area contributed by atoms with Gasteiger partial charge in [0.2, 0.25) is 11.8 Å². The molecule has 1 heterocycles. The van der Waals surface area contributed by atoms with Crippen molar-refractivity contribution in [3.63, 3.8) is 0 Å². The number of benzene rings is 1. The van der Waals surface area contributed by atoms with Gasteiger partial charge in [-0.05, 0) is 40.8 Å². The zero-order chi connectivity index (χ0) is 15.1. The Balaban J connectivity index is 2.00. The molecule has 1 aliphatic heterocycles. The average molecular weight is 359 g/mol. The molecule has 2 amide bonds. The summed E-state index contributed by atoms with van der Waals surface area (Å²) < 4.78 is 27.4. The Bertz CT molecular complexity index is 596. The molecule has 21 heavy (non-hydrogen) atoms. The van der Waals surface area contributed by atoms with Crippen LogP contribution >= 0.6 is 15.9 Å². The van der Waals surface area contributed by atoms with Crippen molar-refractivity contribution >= 4 is 33.4 Å². The number of nitrogens with zero attached hydrogens (tertiary/aromatic N) is 1. The first-order valence-electron chi connectivity index (χ1n) is 6.72. The molecule has 0 bridgehead atoms. The number of carbonyl (C=O) groups is 2. The molecule has 1 aromatic carbocycles. The Labute approximate surface area is 128 Å². The lowest BCUT2D eigenvalue weighted by atomic mass is 10.1. The van der Waals surface area contributed by atoms with E-state index in [9.17, 15) is 18.4 Å². The van der Waals surface area contributed by atoms with E-state index in [0.717, 1.165) is 25.0 Å². The maximum atomic E-state index is 14.1. The summed E-state index contributed by atoms with van der Waals surface area (Å²) in [5, 5.41) is 2.70. The smallest absolute Gasteiger partial charge is 0.249 e. The van der Waals surface area contributed by atoms with Crippen LogP contribution in [0.2, 0.25) is 0 Å². The van der Waals surface area contributed by atoms with Gasteiger partial charge in [-0.1, -0.05) is 0 Å². The number of hydrogen-bond donors (Lipinski definition) is 1. The first kappa shape index (κ1) is 14.4. The minimum Gasteiger partial charge on any atom is -0.344 e. The van der Waals surface area contributed by atoms with Gasteiger partial charge in [-0.2, -0.15) is 0 Å². The zero-order valence-corrected chi connectivity index (χ0v) is 12.6. The predicted molar refractivity (Wildman–Crippen MR) is 75.7 cm³/mol. The zero-order valence-electron chi connectivity index (χ0n) is 11.0. The van der Waals surface area contributed by atoms with E-state index in [1.54, 1.807) is 0 Å². The fourth-order valence-corrected chi connectivity index (χ4v) is 3.18. The van der Waals surface area contributed by atoms with Gasteiger partial charge in [0.05, 0.1) is 5.69 Å². The molecule has 1 N–H and O–H groups in total. The molecule has 0 aromatic heterocycles.